The number of carbonyl (C=O) groups is 1. The minimum atomic E-state index is -3.33. The van der Waals surface area contributed by atoms with E-state index in [0.29, 0.717) is 26.7 Å². The summed E-state index contributed by atoms with van der Waals surface area (Å²) in [6.45, 7) is 0. The van der Waals surface area contributed by atoms with Crippen molar-refractivity contribution in [3.8, 4) is 21.7 Å². The molecule has 31 heavy (non-hydrogen) atoms. The lowest BCUT2D eigenvalue weighted by Gasteiger charge is -2.04. The SMILES string of the molecule is CS(=O)(=O)c1ccc(-c2nc(C(=O)c3ccc(Br)cc3)sc2-c2ccc(F)cc2)cc1. The molecule has 4 aromatic rings. The zero-order valence-electron chi connectivity index (χ0n) is 16.2. The van der Waals surface area contributed by atoms with Crippen LogP contribution in [0.25, 0.3) is 21.7 Å². The fourth-order valence-corrected chi connectivity index (χ4v) is 4.94. The van der Waals surface area contributed by atoms with Gasteiger partial charge in [0, 0.05) is 21.9 Å². The molecule has 0 radical (unpaired) electrons. The van der Waals surface area contributed by atoms with Gasteiger partial charge in [-0.1, -0.05) is 40.2 Å². The number of carbonyl (C=O) groups excluding carboxylic acids is 1. The molecule has 0 amide bonds. The first-order valence-corrected chi connectivity index (χ1v) is 12.6. The smallest absolute Gasteiger partial charge is 0.221 e. The number of thiazole rings is 1. The van der Waals surface area contributed by atoms with Crippen LogP contribution in [0.5, 0.6) is 0 Å². The summed E-state index contributed by atoms with van der Waals surface area (Å²) in [6.07, 6.45) is 1.14. The molecule has 0 spiro atoms. The van der Waals surface area contributed by atoms with E-state index in [2.05, 4.69) is 20.9 Å². The van der Waals surface area contributed by atoms with Crippen LogP contribution < -0.4 is 0 Å². The number of halogens is 2. The highest BCUT2D eigenvalue weighted by atomic mass is 79.9. The molecule has 8 heteroatoms. The van der Waals surface area contributed by atoms with Crippen LogP contribution in [-0.2, 0) is 9.84 Å². The highest BCUT2D eigenvalue weighted by Gasteiger charge is 2.21. The molecule has 0 N–H and O–H groups in total. The number of sulfone groups is 1. The average molecular weight is 516 g/mol. The van der Waals surface area contributed by atoms with Crippen LogP contribution in [0.15, 0.2) is 82.2 Å². The lowest BCUT2D eigenvalue weighted by molar-refractivity contribution is 0.103. The van der Waals surface area contributed by atoms with Crippen molar-refractivity contribution in [2.75, 3.05) is 6.26 Å². The zero-order valence-corrected chi connectivity index (χ0v) is 19.4. The summed E-state index contributed by atoms with van der Waals surface area (Å²) >= 11 is 4.57. The van der Waals surface area contributed by atoms with E-state index in [4.69, 9.17) is 0 Å². The monoisotopic (exact) mass is 515 g/mol. The molecule has 0 aliphatic carbocycles. The Hall–Kier alpha value is -2.68. The molecule has 4 nitrogen and oxygen atoms in total. The van der Waals surface area contributed by atoms with Crippen LogP contribution in [0, 0.1) is 5.82 Å². The highest BCUT2D eigenvalue weighted by molar-refractivity contribution is 9.10. The van der Waals surface area contributed by atoms with Crippen LogP contribution >= 0.6 is 27.3 Å². The summed E-state index contributed by atoms with van der Waals surface area (Å²) in [5.74, 6) is -0.585. The van der Waals surface area contributed by atoms with Crippen LogP contribution in [0.3, 0.4) is 0 Å². The zero-order chi connectivity index (χ0) is 22.2. The van der Waals surface area contributed by atoms with Gasteiger partial charge in [0.25, 0.3) is 0 Å². The molecular weight excluding hydrogens is 501 g/mol. The molecule has 0 saturated heterocycles. The number of hydrogen-bond acceptors (Lipinski definition) is 5. The van der Waals surface area contributed by atoms with E-state index in [0.717, 1.165) is 16.3 Å². The first-order valence-electron chi connectivity index (χ1n) is 9.10. The van der Waals surface area contributed by atoms with Crippen molar-refractivity contribution < 1.29 is 17.6 Å². The number of aromatic nitrogens is 1. The molecule has 0 aliphatic heterocycles. The summed E-state index contributed by atoms with van der Waals surface area (Å²) in [4.78, 5) is 18.5. The van der Waals surface area contributed by atoms with Crippen molar-refractivity contribution in [3.63, 3.8) is 0 Å². The minimum Gasteiger partial charge on any atom is -0.286 e. The molecular formula is C23H15BrFNO3S2. The van der Waals surface area contributed by atoms with Gasteiger partial charge in [0.2, 0.25) is 5.78 Å². The van der Waals surface area contributed by atoms with Crippen molar-refractivity contribution >= 4 is 42.9 Å². The van der Waals surface area contributed by atoms with E-state index < -0.39 is 9.84 Å². The van der Waals surface area contributed by atoms with Crippen LogP contribution in [-0.4, -0.2) is 25.4 Å². The predicted molar refractivity (Wildman–Crippen MR) is 124 cm³/mol. The Morgan fingerprint density at radius 1 is 0.903 bits per heavy atom. The number of benzene rings is 3. The van der Waals surface area contributed by atoms with E-state index in [-0.39, 0.29) is 16.5 Å². The minimum absolute atomic E-state index is 0.195. The summed E-state index contributed by atoms with van der Waals surface area (Å²) in [5, 5.41) is 0.295. The van der Waals surface area contributed by atoms with Crippen molar-refractivity contribution in [2.24, 2.45) is 0 Å². The van der Waals surface area contributed by atoms with Crippen LogP contribution in [0.2, 0.25) is 0 Å². The van der Waals surface area contributed by atoms with E-state index in [9.17, 15) is 17.6 Å². The third kappa shape index (κ3) is 4.66. The van der Waals surface area contributed by atoms with Crippen LogP contribution in [0.1, 0.15) is 15.4 Å². The second-order valence-corrected chi connectivity index (χ2v) is 10.8. The lowest BCUT2D eigenvalue weighted by atomic mass is 10.1. The van der Waals surface area contributed by atoms with Gasteiger partial charge < -0.3 is 0 Å². The maximum Gasteiger partial charge on any atom is 0.221 e. The second-order valence-electron chi connectivity index (χ2n) is 6.84. The van der Waals surface area contributed by atoms with Crippen LogP contribution in [0.4, 0.5) is 4.39 Å². The Labute approximate surface area is 191 Å². The fraction of sp³-hybridized carbons (Fsp3) is 0.0435. The lowest BCUT2D eigenvalue weighted by Crippen LogP contribution is -2.00. The molecule has 0 atom stereocenters. The number of hydrogen-bond donors (Lipinski definition) is 0. The Bertz CT molecular complexity index is 1360. The van der Waals surface area contributed by atoms with Crippen molar-refractivity contribution in [1.29, 1.82) is 0 Å². The summed E-state index contributed by atoms with van der Waals surface area (Å²) in [6, 6.07) is 19.3. The largest absolute Gasteiger partial charge is 0.286 e. The molecule has 0 aliphatic rings. The van der Waals surface area contributed by atoms with Crippen molar-refractivity contribution in [1.82, 2.24) is 4.98 Å². The third-order valence-electron chi connectivity index (χ3n) is 4.59. The fourth-order valence-electron chi connectivity index (χ4n) is 2.99. The van der Waals surface area contributed by atoms with Crippen molar-refractivity contribution in [2.45, 2.75) is 4.90 Å². The third-order valence-corrected chi connectivity index (χ3v) is 7.35. The Morgan fingerprint density at radius 2 is 1.48 bits per heavy atom. The van der Waals surface area contributed by atoms with Gasteiger partial charge in [0.15, 0.2) is 14.8 Å². The van der Waals surface area contributed by atoms with E-state index >= 15 is 0 Å². The number of rotatable bonds is 5. The highest BCUT2D eigenvalue weighted by Crippen LogP contribution is 2.38. The molecule has 3 aromatic carbocycles. The molecule has 0 bridgehead atoms. The summed E-state index contributed by atoms with van der Waals surface area (Å²) in [5.41, 5.74) is 2.42. The molecule has 4 rings (SSSR count). The van der Waals surface area contributed by atoms with Crippen molar-refractivity contribution in [3.05, 3.63) is 93.7 Å². The molecule has 0 fully saturated rings. The summed E-state index contributed by atoms with van der Waals surface area (Å²) < 4.78 is 37.9. The average Bonchev–Trinajstić information content (AvgIpc) is 3.19. The van der Waals surface area contributed by atoms with Gasteiger partial charge in [0.1, 0.15) is 5.82 Å². The molecule has 1 heterocycles. The van der Waals surface area contributed by atoms with Gasteiger partial charge in [-0.2, -0.15) is 0 Å². The standard InChI is InChI=1S/C23H15BrFNO3S2/c1-31(28,29)19-12-6-14(7-13-19)20-22(16-4-10-18(25)11-5-16)30-23(26-20)21(27)15-2-8-17(24)9-3-15/h2-13H,1H3. The first kappa shape index (κ1) is 21.5. The first-order chi connectivity index (χ1) is 14.7. The molecule has 0 saturated carbocycles. The maximum absolute atomic E-state index is 13.4. The normalized spacial score (nSPS) is 11.5. The van der Waals surface area contributed by atoms with Gasteiger partial charge in [-0.05, 0) is 54.1 Å². The quantitative estimate of drug-likeness (QED) is 0.305. The number of ketones is 1. The second kappa shape index (κ2) is 8.45. The number of nitrogens with zero attached hydrogens (tertiary/aromatic N) is 1. The Morgan fingerprint density at radius 3 is 2.06 bits per heavy atom. The van der Waals surface area contributed by atoms with E-state index in [1.807, 2.05) is 0 Å². The topological polar surface area (TPSA) is 64.1 Å². The molecule has 1 aromatic heterocycles. The predicted octanol–water partition coefficient (Wildman–Crippen LogP) is 6.01. The van der Waals surface area contributed by atoms with Gasteiger partial charge in [0.05, 0.1) is 15.5 Å². The Kier molecular flexibility index (Phi) is 5.88. The van der Waals surface area contributed by atoms with Gasteiger partial charge in [-0.3, -0.25) is 4.79 Å². The van der Waals surface area contributed by atoms with E-state index in [1.54, 1.807) is 48.5 Å². The molecule has 156 valence electrons. The molecule has 0 unspecified atom stereocenters. The van der Waals surface area contributed by atoms with Gasteiger partial charge in [-0.15, -0.1) is 11.3 Å². The summed E-state index contributed by atoms with van der Waals surface area (Å²) in [7, 11) is -3.33. The van der Waals surface area contributed by atoms with Gasteiger partial charge in [-0.25, -0.2) is 17.8 Å². The Balaban J connectivity index is 1.83. The maximum atomic E-state index is 13.4. The van der Waals surface area contributed by atoms with E-state index in [1.165, 1.54) is 35.6 Å². The van der Waals surface area contributed by atoms with Gasteiger partial charge >= 0.3 is 0 Å².